The summed E-state index contributed by atoms with van der Waals surface area (Å²) >= 11 is 0. The number of carbonyl (C=O) groups excluding carboxylic acids is 1. The van der Waals surface area contributed by atoms with Crippen molar-refractivity contribution >= 4 is 12.1 Å². The van der Waals surface area contributed by atoms with E-state index in [1.165, 1.54) is 0 Å². The van der Waals surface area contributed by atoms with Crippen molar-refractivity contribution < 1.29 is 19.4 Å². The molecule has 1 aliphatic carbocycles. The molecule has 0 bridgehead atoms. The summed E-state index contributed by atoms with van der Waals surface area (Å²) in [5, 5.41) is 11.3. The van der Waals surface area contributed by atoms with Crippen LogP contribution in [0.2, 0.25) is 0 Å². The van der Waals surface area contributed by atoms with Crippen LogP contribution >= 0.6 is 0 Å². The van der Waals surface area contributed by atoms with Crippen LogP contribution in [0.5, 0.6) is 0 Å². The Labute approximate surface area is 95.2 Å². The molecule has 0 saturated heterocycles. The van der Waals surface area contributed by atoms with E-state index in [-0.39, 0.29) is 18.4 Å². The Morgan fingerprint density at radius 2 is 1.94 bits per heavy atom. The molecule has 1 fully saturated rings. The molecule has 0 unspecified atom stereocenters. The molecule has 0 spiro atoms. The number of amides is 1. The minimum absolute atomic E-state index is 0.0687. The summed E-state index contributed by atoms with van der Waals surface area (Å²) in [6, 6.07) is 0.0687. The molecule has 1 amide bonds. The SMILES string of the molecule is CC(C)(C)OC(=O)N[C@H]1C[C@H](CC(=O)O)C1. The van der Waals surface area contributed by atoms with Crippen LogP contribution in [-0.2, 0) is 9.53 Å². The molecular formula is C11H19NO4. The fraction of sp³-hybridized carbons (Fsp3) is 0.818. The van der Waals surface area contributed by atoms with Crippen molar-refractivity contribution in [2.75, 3.05) is 0 Å². The van der Waals surface area contributed by atoms with Crippen molar-refractivity contribution in [3.63, 3.8) is 0 Å². The maximum atomic E-state index is 11.3. The fourth-order valence-electron chi connectivity index (χ4n) is 1.74. The number of carbonyl (C=O) groups is 2. The minimum Gasteiger partial charge on any atom is -0.481 e. The van der Waals surface area contributed by atoms with Crippen LogP contribution < -0.4 is 5.32 Å². The lowest BCUT2D eigenvalue weighted by Gasteiger charge is -2.35. The van der Waals surface area contributed by atoms with E-state index >= 15 is 0 Å². The number of carboxylic acid groups (broad SMARTS) is 1. The molecule has 0 aromatic carbocycles. The predicted molar refractivity (Wildman–Crippen MR) is 58.1 cm³/mol. The Bertz CT molecular complexity index is 276. The smallest absolute Gasteiger partial charge is 0.407 e. The first-order valence-electron chi connectivity index (χ1n) is 5.47. The Balaban J connectivity index is 2.17. The van der Waals surface area contributed by atoms with Crippen LogP contribution in [-0.4, -0.2) is 28.8 Å². The van der Waals surface area contributed by atoms with Crippen molar-refractivity contribution in [2.45, 2.75) is 51.7 Å². The van der Waals surface area contributed by atoms with Crippen molar-refractivity contribution in [1.29, 1.82) is 0 Å². The van der Waals surface area contributed by atoms with Gasteiger partial charge in [0.15, 0.2) is 0 Å². The highest BCUT2D eigenvalue weighted by atomic mass is 16.6. The summed E-state index contributed by atoms with van der Waals surface area (Å²) < 4.78 is 5.09. The molecule has 0 aromatic heterocycles. The number of ether oxygens (including phenoxy) is 1. The van der Waals surface area contributed by atoms with Crippen LogP contribution in [0.25, 0.3) is 0 Å². The van der Waals surface area contributed by atoms with Gasteiger partial charge in [-0.15, -0.1) is 0 Å². The minimum atomic E-state index is -0.777. The molecule has 0 radical (unpaired) electrons. The van der Waals surface area contributed by atoms with E-state index in [4.69, 9.17) is 9.84 Å². The second-order valence-electron chi connectivity index (χ2n) is 5.28. The molecule has 16 heavy (non-hydrogen) atoms. The van der Waals surface area contributed by atoms with Gasteiger partial charge < -0.3 is 15.2 Å². The second kappa shape index (κ2) is 4.72. The van der Waals surface area contributed by atoms with E-state index in [0.29, 0.717) is 0 Å². The fourth-order valence-corrected chi connectivity index (χ4v) is 1.74. The quantitative estimate of drug-likeness (QED) is 0.773. The van der Waals surface area contributed by atoms with Crippen LogP contribution in [0.15, 0.2) is 0 Å². The summed E-state index contributed by atoms with van der Waals surface area (Å²) in [6.07, 6.45) is 1.22. The predicted octanol–water partition coefficient (Wildman–Crippen LogP) is 1.76. The molecule has 1 rings (SSSR count). The molecule has 2 N–H and O–H groups in total. The number of carboxylic acids is 1. The van der Waals surface area contributed by atoms with Gasteiger partial charge in [0.2, 0.25) is 0 Å². The topological polar surface area (TPSA) is 75.6 Å². The number of rotatable bonds is 3. The van der Waals surface area contributed by atoms with Crippen molar-refractivity contribution in [3.8, 4) is 0 Å². The largest absolute Gasteiger partial charge is 0.481 e. The average molecular weight is 229 g/mol. The van der Waals surface area contributed by atoms with E-state index in [0.717, 1.165) is 12.8 Å². The monoisotopic (exact) mass is 229 g/mol. The summed E-state index contributed by atoms with van der Waals surface area (Å²) in [5.41, 5.74) is -0.492. The molecule has 0 atom stereocenters. The van der Waals surface area contributed by atoms with Gasteiger partial charge >= 0.3 is 12.1 Å². The Hall–Kier alpha value is -1.26. The number of aliphatic carboxylic acids is 1. The molecule has 0 aliphatic heterocycles. The number of hydrogen-bond acceptors (Lipinski definition) is 3. The van der Waals surface area contributed by atoms with Crippen molar-refractivity contribution in [2.24, 2.45) is 5.92 Å². The maximum Gasteiger partial charge on any atom is 0.407 e. The highest BCUT2D eigenvalue weighted by molar-refractivity contribution is 5.69. The zero-order valence-electron chi connectivity index (χ0n) is 9.95. The summed E-state index contributed by atoms with van der Waals surface area (Å²) in [7, 11) is 0. The van der Waals surface area contributed by atoms with Crippen LogP contribution in [0.3, 0.4) is 0 Å². The molecule has 1 saturated carbocycles. The first kappa shape index (κ1) is 12.8. The summed E-state index contributed by atoms with van der Waals surface area (Å²) in [4.78, 5) is 21.7. The van der Waals surface area contributed by atoms with Crippen LogP contribution in [0.4, 0.5) is 4.79 Å². The molecule has 5 heteroatoms. The van der Waals surface area contributed by atoms with E-state index in [1.807, 2.05) is 0 Å². The highest BCUT2D eigenvalue weighted by Gasteiger charge is 2.32. The van der Waals surface area contributed by atoms with Crippen LogP contribution in [0, 0.1) is 5.92 Å². The second-order valence-corrected chi connectivity index (χ2v) is 5.28. The molecule has 1 aliphatic rings. The summed E-state index contributed by atoms with van der Waals surface area (Å²) in [6.45, 7) is 5.42. The van der Waals surface area contributed by atoms with Crippen molar-refractivity contribution in [1.82, 2.24) is 5.32 Å². The standard InChI is InChI=1S/C11H19NO4/c1-11(2,3)16-10(15)12-8-4-7(5-8)6-9(13)14/h7-8H,4-6H2,1-3H3,(H,12,15)(H,13,14)/t7-,8-. The van der Waals surface area contributed by atoms with Gasteiger partial charge in [0.05, 0.1) is 0 Å². The lowest BCUT2D eigenvalue weighted by molar-refractivity contribution is -0.138. The third-order valence-electron chi connectivity index (χ3n) is 2.42. The van der Waals surface area contributed by atoms with Gasteiger partial charge in [-0.1, -0.05) is 0 Å². The first-order valence-corrected chi connectivity index (χ1v) is 5.47. The lowest BCUT2D eigenvalue weighted by Crippen LogP contribution is -2.46. The molecule has 5 nitrogen and oxygen atoms in total. The van der Waals surface area contributed by atoms with Gasteiger partial charge in [0, 0.05) is 12.5 Å². The molecule has 0 aromatic rings. The first-order chi connectivity index (χ1) is 7.26. The van der Waals surface area contributed by atoms with Gasteiger partial charge in [0.1, 0.15) is 5.60 Å². The third-order valence-corrected chi connectivity index (χ3v) is 2.42. The van der Waals surface area contributed by atoms with Gasteiger partial charge in [-0.25, -0.2) is 4.79 Å². The normalized spacial score (nSPS) is 24.4. The number of alkyl carbamates (subject to hydrolysis) is 1. The van der Waals surface area contributed by atoms with Gasteiger partial charge in [-0.05, 0) is 39.5 Å². The van der Waals surface area contributed by atoms with E-state index < -0.39 is 17.7 Å². The van der Waals surface area contributed by atoms with Gasteiger partial charge in [-0.3, -0.25) is 4.79 Å². The van der Waals surface area contributed by atoms with Crippen molar-refractivity contribution in [3.05, 3.63) is 0 Å². The van der Waals surface area contributed by atoms with E-state index in [1.54, 1.807) is 20.8 Å². The van der Waals surface area contributed by atoms with Gasteiger partial charge in [-0.2, -0.15) is 0 Å². The van der Waals surface area contributed by atoms with E-state index in [2.05, 4.69) is 5.32 Å². The lowest BCUT2D eigenvalue weighted by atomic mass is 9.78. The number of nitrogens with one attached hydrogen (secondary N) is 1. The zero-order valence-corrected chi connectivity index (χ0v) is 9.95. The third kappa shape index (κ3) is 4.51. The zero-order chi connectivity index (χ0) is 12.3. The van der Waals surface area contributed by atoms with E-state index in [9.17, 15) is 9.59 Å². The molecular weight excluding hydrogens is 210 g/mol. The Morgan fingerprint density at radius 1 is 1.38 bits per heavy atom. The Morgan fingerprint density at radius 3 is 2.38 bits per heavy atom. The van der Waals surface area contributed by atoms with Gasteiger partial charge in [0.25, 0.3) is 0 Å². The van der Waals surface area contributed by atoms with Crippen LogP contribution in [0.1, 0.15) is 40.0 Å². The molecule has 92 valence electrons. The number of hydrogen-bond donors (Lipinski definition) is 2. The molecule has 0 heterocycles. The maximum absolute atomic E-state index is 11.3. The average Bonchev–Trinajstić information content (AvgIpc) is 1.95. The summed E-state index contributed by atoms with van der Waals surface area (Å²) in [5.74, 6) is -0.585. The Kier molecular flexibility index (Phi) is 3.78. The highest BCUT2D eigenvalue weighted by Crippen LogP contribution is 2.30.